The van der Waals surface area contributed by atoms with Gasteiger partial charge in [0.25, 0.3) is 0 Å². The van der Waals surface area contributed by atoms with Gasteiger partial charge in [-0.3, -0.25) is 0 Å². The Morgan fingerprint density at radius 1 is 1.40 bits per heavy atom. The van der Waals surface area contributed by atoms with E-state index in [-0.39, 0.29) is 37.1 Å². The molecule has 10 heteroatoms. The summed E-state index contributed by atoms with van der Waals surface area (Å²) in [6.45, 7) is 0.170. The molecule has 2 unspecified atom stereocenters. The maximum atomic E-state index is 12.2. The summed E-state index contributed by atoms with van der Waals surface area (Å²) in [6, 6.07) is 0. The molecule has 0 saturated carbocycles. The van der Waals surface area contributed by atoms with E-state index in [0.717, 1.165) is 4.90 Å². The number of hydrogen-bond acceptors (Lipinski definition) is 5. The van der Waals surface area contributed by atoms with E-state index in [4.69, 9.17) is 0 Å². The van der Waals surface area contributed by atoms with E-state index in [1.807, 2.05) is 0 Å². The number of carboxylic acid groups (broad SMARTS) is 1. The first-order chi connectivity index (χ1) is 9.08. The first-order valence-corrected chi connectivity index (χ1v) is 7.16. The molecule has 2 atom stereocenters. The lowest BCUT2D eigenvalue weighted by atomic mass is 9.82. The number of carbonyl (C=O) groups is 1. The van der Waals surface area contributed by atoms with Crippen LogP contribution in [0.3, 0.4) is 0 Å². The standard InChI is InChI=1S/C10H12F3NO5S/c11-10(12,13)20(17,18)19-8-2-6-1-7(3-8)5-14(4-6)9(15)16/h2,6-7H,1,3-5H2,(H,15,16)/p-1. The number of amides is 1. The molecular formula is C10H11F3NO5S-. The summed E-state index contributed by atoms with van der Waals surface area (Å²) in [5, 5.41) is 10.7. The van der Waals surface area contributed by atoms with Crippen LogP contribution in [0, 0.1) is 11.8 Å². The minimum absolute atomic E-state index is 0.0460. The Labute approximate surface area is 112 Å². The smallest absolute Gasteiger partial charge is 0.530 e. The zero-order chi connectivity index (χ0) is 15.1. The summed E-state index contributed by atoms with van der Waals surface area (Å²) in [4.78, 5) is 11.8. The highest BCUT2D eigenvalue weighted by molar-refractivity contribution is 7.87. The lowest BCUT2D eigenvalue weighted by Crippen LogP contribution is -2.50. The third-order valence-electron chi connectivity index (χ3n) is 3.24. The maximum Gasteiger partial charge on any atom is 0.534 e. The van der Waals surface area contributed by atoms with Crippen molar-refractivity contribution in [2.24, 2.45) is 11.8 Å². The van der Waals surface area contributed by atoms with Gasteiger partial charge in [-0.25, -0.2) is 0 Å². The van der Waals surface area contributed by atoms with Gasteiger partial charge >= 0.3 is 15.6 Å². The SMILES string of the molecule is O=C([O-])N1CC2C=C(OS(=O)(=O)C(F)(F)F)CC(C2)C1. The summed E-state index contributed by atoms with van der Waals surface area (Å²) in [5.41, 5.74) is -5.47. The lowest BCUT2D eigenvalue weighted by Gasteiger charge is -2.41. The first kappa shape index (κ1) is 14.9. The fraction of sp³-hybridized carbons (Fsp3) is 0.700. The summed E-state index contributed by atoms with van der Waals surface area (Å²) in [7, 11) is -5.67. The molecule has 0 aromatic rings. The number of nitrogens with zero attached hydrogens (tertiary/aromatic N) is 1. The third kappa shape index (κ3) is 3.00. The number of carbonyl (C=O) groups excluding carboxylic acids is 1. The molecule has 1 fully saturated rings. The molecule has 1 aliphatic heterocycles. The number of halogens is 3. The van der Waals surface area contributed by atoms with Crippen LogP contribution in [-0.2, 0) is 14.3 Å². The second-order valence-electron chi connectivity index (χ2n) is 4.85. The quantitative estimate of drug-likeness (QED) is 0.544. The number of rotatable bonds is 2. The average molecular weight is 314 g/mol. The molecule has 1 saturated heterocycles. The number of allylic oxidation sites excluding steroid dienone is 1. The molecule has 0 spiro atoms. The molecule has 20 heavy (non-hydrogen) atoms. The molecule has 2 rings (SSSR count). The van der Waals surface area contributed by atoms with Gasteiger partial charge in [-0.05, 0) is 24.3 Å². The summed E-state index contributed by atoms with van der Waals surface area (Å²) in [6.07, 6.45) is 0.438. The van der Waals surface area contributed by atoms with Crippen LogP contribution in [-0.4, -0.2) is 38.0 Å². The van der Waals surface area contributed by atoms with Crippen LogP contribution in [0.2, 0.25) is 0 Å². The van der Waals surface area contributed by atoms with Crippen LogP contribution < -0.4 is 5.11 Å². The topological polar surface area (TPSA) is 86.7 Å². The zero-order valence-corrected chi connectivity index (χ0v) is 10.9. The molecule has 0 radical (unpaired) electrons. The van der Waals surface area contributed by atoms with Gasteiger partial charge in [-0.2, -0.15) is 21.6 Å². The van der Waals surface area contributed by atoms with Crippen molar-refractivity contribution in [3.05, 3.63) is 11.8 Å². The summed E-state index contributed by atoms with van der Waals surface area (Å²) in [5.74, 6) is -0.907. The molecule has 2 bridgehead atoms. The molecule has 0 aromatic heterocycles. The fourth-order valence-corrected chi connectivity index (χ4v) is 3.03. The zero-order valence-electron chi connectivity index (χ0n) is 10.1. The van der Waals surface area contributed by atoms with Crippen LogP contribution in [0.1, 0.15) is 12.8 Å². The van der Waals surface area contributed by atoms with E-state index < -0.39 is 21.7 Å². The van der Waals surface area contributed by atoms with Crippen molar-refractivity contribution in [1.82, 2.24) is 4.90 Å². The van der Waals surface area contributed by atoms with Crippen LogP contribution in [0.15, 0.2) is 11.8 Å². The molecule has 114 valence electrons. The molecule has 1 amide bonds. The van der Waals surface area contributed by atoms with Gasteiger partial charge in [0.1, 0.15) is 11.9 Å². The van der Waals surface area contributed by atoms with E-state index in [1.165, 1.54) is 6.08 Å². The van der Waals surface area contributed by atoms with Crippen molar-refractivity contribution in [1.29, 1.82) is 0 Å². The highest BCUT2D eigenvalue weighted by atomic mass is 32.2. The third-order valence-corrected chi connectivity index (χ3v) is 4.24. The summed E-state index contributed by atoms with van der Waals surface area (Å²) < 4.78 is 62.6. The molecule has 0 aromatic carbocycles. The van der Waals surface area contributed by atoms with Crippen LogP contribution in [0.4, 0.5) is 18.0 Å². The van der Waals surface area contributed by atoms with E-state index in [9.17, 15) is 31.5 Å². The van der Waals surface area contributed by atoms with Gasteiger partial charge < -0.3 is 19.0 Å². The van der Waals surface area contributed by atoms with E-state index in [2.05, 4.69) is 4.18 Å². The van der Waals surface area contributed by atoms with E-state index in [0.29, 0.717) is 6.42 Å². The number of alkyl halides is 3. The molecular weight excluding hydrogens is 303 g/mol. The van der Waals surface area contributed by atoms with Gasteiger partial charge in [0.15, 0.2) is 0 Å². The second kappa shape index (κ2) is 4.83. The minimum Gasteiger partial charge on any atom is -0.530 e. The summed E-state index contributed by atoms with van der Waals surface area (Å²) >= 11 is 0. The average Bonchev–Trinajstić information content (AvgIpc) is 2.25. The van der Waals surface area contributed by atoms with Crippen molar-refractivity contribution < 1.29 is 35.7 Å². The Kier molecular flexibility index (Phi) is 3.61. The maximum absolute atomic E-state index is 12.2. The lowest BCUT2D eigenvalue weighted by molar-refractivity contribution is -0.267. The van der Waals surface area contributed by atoms with Gasteiger partial charge in [0, 0.05) is 19.5 Å². The molecule has 0 N–H and O–H groups in total. The number of hydrogen-bond donors (Lipinski definition) is 0. The number of piperidine rings is 1. The Hall–Kier alpha value is -1.45. The van der Waals surface area contributed by atoms with Crippen LogP contribution in [0.25, 0.3) is 0 Å². The predicted molar refractivity (Wildman–Crippen MR) is 57.3 cm³/mol. The van der Waals surface area contributed by atoms with E-state index >= 15 is 0 Å². The predicted octanol–water partition coefficient (Wildman–Crippen LogP) is 0.422. The van der Waals surface area contributed by atoms with Crippen LogP contribution >= 0.6 is 0 Å². The van der Waals surface area contributed by atoms with Crippen molar-refractivity contribution in [2.75, 3.05) is 13.1 Å². The van der Waals surface area contributed by atoms with Crippen LogP contribution in [0.5, 0.6) is 0 Å². The van der Waals surface area contributed by atoms with E-state index in [1.54, 1.807) is 0 Å². The number of fused-ring (bicyclic) bond motifs is 2. The molecule has 6 nitrogen and oxygen atoms in total. The minimum atomic E-state index is -5.67. The van der Waals surface area contributed by atoms with Gasteiger partial charge in [0.2, 0.25) is 0 Å². The van der Waals surface area contributed by atoms with Gasteiger partial charge in [-0.15, -0.1) is 0 Å². The van der Waals surface area contributed by atoms with Gasteiger partial charge in [0.05, 0.1) is 0 Å². The molecule has 2 aliphatic rings. The Morgan fingerprint density at radius 2 is 2.05 bits per heavy atom. The largest absolute Gasteiger partial charge is 0.534 e. The monoisotopic (exact) mass is 314 g/mol. The normalized spacial score (nSPS) is 26.9. The highest BCUT2D eigenvalue weighted by Gasteiger charge is 2.49. The van der Waals surface area contributed by atoms with Crippen molar-refractivity contribution >= 4 is 16.2 Å². The Bertz CT molecular complexity index is 542. The van der Waals surface area contributed by atoms with Crippen molar-refractivity contribution in [2.45, 2.75) is 18.3 Å². The van der Waals surface area contributed by atoms with Gasteiger partial charge in [-0.1, -0.05) is 0 Å². The van der Waals surface area contributed by atoms with Crippen molar-refractivity contribution in [3.63, 3.8) is 0 Å². The number of likely N-dealkylation sites (tertiary alicyclic amines) is 1. The highest BCUT2D eigenvalue weighted by Crippen LogP contribution is 2.36. The molecule has 1 heterocycles. The Morgan fingerprint density at radius 3 is 2.55 bits per heavy atom. The Balaban J connectivity index is 2.12. The first-order valence-electron chi connectivity index (χ1n) is 5.76. The van der Waals surface area contributed by atoms with Crippen molar-refractivity contribution in [3.8, 4) is 0 Å². The molecule has 1 aliphatic carbocycles. The fourth-order valence-electron chi connectivity index (χ4n) is 2.53. The second-order valence-corrected chi connectivity index (χ2v) is 6.39.